The summed E-state index contributed by atoms with van der Waals surface area (Å²) in [5, 5.41) is 178. The molecule has 0 atom stereocenters. The Labute approximate surface area is 605 Å². The zero-order valence-electron chi connectivity index (χ0n) is 63.4. The van der Waals surface area contributed by atoms with Gasteiger partial charge in [-0.05, 0) is 25.7 Å². The van der Waals surface area contributed by atoms with Gasteiger partial charge in [0, 0.05) is 25.7 Å². The predicted octanol–water partition coefficient (Wildman–Crippen LogP) is 9.08. The Morgan fingerprint density at radius 2 is 0.250 bits per heavy atom. The molecule has 0 spiro atoms. The van der Waals surface area contributed by atoms with Crippen LogP contribution in [0.2, 0.25) is 0 Å². The quantitative estimate of drug-likeness (QED) is 0.0252. The number of aliphatic carboxylic acids is 4. The Hall–Kier alpha value is -2.84. The largest absolute Gasteiger partial charge is 0.481 e. The number of hydrogen-bond acceptors (Lipinski definition) is 22. The van der Waals surface area contributed by atoms with Crippen LogP contribution in [0.4, 0.5) is 0 Å². The maximum Gasteiger partial charge on any atom is 0.303 e. The van der Waals surface area contributed by atoms with Crippen molar-refractivity contribution < 1.29 is 132 Å². The Kier molecular flexibility index (Phi) is 136. The van der Waals surface area contributed by atoms with Crippen molar-refractivity contribution in [2.75, 3.05) is 79.3 Å². The molecule has 22 N–H and O–H groups in total. The normalized spacial score (nSPS) is 10.4. The van der Waals surface area contributed by atoms with E-state index in [0.717, 1.165) is 51.4 Å². The van der Waals surface area contributed by atoms with Crippen LogP contribution in [0, 0.1) is 0 Å². The molecule has 0 aromatic rings. The molecule has 0 fully saturated rings. The first-order valence-electron chi connectivity index (χ1n) is 38.2. The van der Waals surface area contributed by atoms with Crippen molar-refractivity contribution in [3.05, 3.63) is 0 Å². The molecular formula is C74H160O26. The third-order valence-corrected chi connectivity index (χ3v) is 14.5. The molecule has 612 valence electrons. The van der Waals surface area contributed by atoms with Crippen molar-refractivity contribution in [3.8, 4) is 0 Å². The van der Waals surface area contributed by atoms with E-state index in [2.05, 4.69) is 27.7 Å². The van der Waals surface area contributed by atoms with Crippen molar-refractivity contribution in [1.29, 1.82) is 0 Å². The van der Waals surface area contributed by atoms with Gasteiger partial charge in [0.2, 0.25) is 0 Å². The van der Waals surface area contributed by atoms with Gasteiger partial charge >= 0.3 is 23.9 Å². The van der Waals surface area contributed by atoms with E-state index in [9.17, 15) is 19.2 Å². The average Bonchev–Trinajstić information content (AvgIpc) is 3.66. The van der Waals surface area contributed by atoms with E-state index in [1.54, 1.807) is 0 Å². The highest BCUT2D eigenvalue weighted by atomic mass is 16.4. The Bertz CT molecular complexity index is 1180. The van der Waals surface area contributed by atoms with Crippen molar-refractivity contribution in [2.45, 2.75) is 373 Å². The molecule has 26 nitrogen and oxygen atoms in total. The van der Waals surface area contributed by atoms with Crippen molar-refractivity contribution >= 4 is 23.9 Å². The molecule has 0 unspecified atom stereocenters. The number of hydrogen-bond donors (Lipinski definition) is 22. The molecule has 0 heterocycles. The summed E-state index contributed by atoms with van der Waals surface area (Å²) in [5.41, 5.74) is 0. The summed E-state index contributed by atoms with van der Waals surface area (Å²) in [6, 6.07) is 0. The molecule has 0 aliphatic heterocycles. The lowest BCUT2D eigenvalue weighted by Crippen LogP contribution is -2.15. The van der Waals surface area contributed by atoms with Crippen molar-refractivity contribution in [3.63, 3.8) is 0 Å². The lowest BCUT2D eigenvalue weighted by molar-refractivity contribution is -0.138. The monoisotopic (exact) mass is 1470 g/mol. The average molecular weight is 1470 g/mol. The minimum absolute atomic E-state index is 0.344. The van der Waals surface area contributed by atoms with Crippen LogP contribution >= 0.6 is 0 Å². The topological polar surface area (TPSA) is 513 Å². The first-order chi connectivity index (χ1) is 47.9. The maximum absolute atomic E-state index is 10.3. The van der Waals surface area contributed by atoms with Gasteiger partial charge in [-0.2, -0.15) is 0 Å². The molecular weight excluding hydrogens is 1300 g/mol. The Morgan fingerprint density at radius 3 is 0.310 bits per heavy atom. The summed E-state index contributed by atoms with van der Waals surface area (Å²) >= 11 is 0. The van der Waals surface area contributed by atoms with Crippen LogP contribution in [-0.2, 0) is 19.2 Å². The Morgan fingerprint density at radius 1 is 0.170 bits per heavy atom. The smallest absolute Gasteiger partial charge is 0.303 e. The summed E-state index contributed by atoms with van der Waals surface area (Å²) in [6.45, 7) is 4.61. The van der Waals surface area contributed by atoms with E-state index < -0.39 is 60.5 Å². The molecule has 0 bridgehead atoms. The van der Waals surface area contributed by atoms with Gasteiger partial charge in [-0.3, -0.25) is 19.2 Å². The second-order valence-electron chi connectivity index (χ2n) is 24.8. The van der Waals surface area contributed by atoms with Gasteiger partial charge in [0.25, 0.3) is 0 Å². The minimum Gasteiger partial charge on any atom is -0.481 e. The van der Waals surface area contributed by atoms with Gasteiger partial charge in [0.05, 0.1) is 79.3 Å². The van der Waals surface area contributed by atoms with Gasteiger partial charge in [-0.15, -0.1) is 0 Å². The molecule has 0 aliphatic carbocycles. The molecule has 0 saturated heterocycles. The summed E-state index contributed by atoms with van der Waals surface area (Å²) in [6.07, 6.45) is 51.7. The maximum atomic E-state index is 10.3. The minimum atomic E-state index is -0.954. The number of rotatable bonds is 60. The lowest BCUT2D eigenvalue weighted by atomic mass is 10.1. The summed E-state index contributed by atoms with van der Waals surface area (Å²) < 4.78 is 0. The van der Waals surface area contributed by atoms with Gasteiger partial charge in [-0.1, -0.05) is 285 Å². The van der Waals surface area contributed by atoms with E-state index in [-0.39, 0.29) is 79.3 Å². The van der Waals surface area contributed by atoms with E-state index in [1.807, 2.05) is 0 Å². The van der Waals surface area contributed by atoms with E-state index in [4.69, 9.17) is 112 Å². The van der Waals surface area contributed by atoms with Crippen molar-refractivity contribution in [1.82, 2.24) is 0 Å². The van der Waals surface area contributed by atoms with Crippen LogP contribution in [0.15, 0.2) is 0 Å². The first kappa shape index (κ1) is 118. The molecule has 100 heavy (non-hydrogen) atoms. The summed E-state index contributed by atoms with van der Waals surface area (Å²) in [4.78, 5) is 41.0. The molecule has 0 radical (unpaired) electrons. The molecule has 26 heteroatoms. The third-order valence-electron chi connectivity index (χ3n) is 14.5. The van der Waals surface area contributed by atoms with Gasteiger partial charge in [-0.25, -0.2) is 0 Å². The second kappa shape index (κ2) is 115. The zero-order valence-corrected chi connectivity index (χ0v) is 63.4. The lowest BCUT2D eigenvalue weighted by Gasteiger charge is -2.01. The standard InChI is InChI=1S/4C14H28O2.6C3H8O3/c4*1-2-3-4-5-6-7-8-9-10-11-12-13-14(15)16;6*4-1-3(6)2-5/h4*2-13H2,1H3,(H,15,16);6*3-6H,1-2H2. The highest BCUT2D eigenvalue weighted by molar-refractivity contribution is 5.67. The zero-order chi connectivity index (χ0) is 78.2. The van der Waals surface area contributed by atoms with E-state index >= 15 is 0 Å². The number of aliphatic hydroxyl groups excluding tert-OH is 18. The number of carbonyl (C=O) groups is 4. The van der Waals surface area contributed by atoms with Crippen LogP contribution in [0.25, 0.3) is 0 Å². The number of carboxylic acid groups (broad SMARTS) is 4. The van der Waals surface area contributed by atoms with Crippen LogP contribution in [0.3, 0.4) is 0 Å². The van der Waals surface area contributed by atoms with Crippen LogP contribution < -0.4 is 0 Å². The van der Waals surface area contributed by atoms with Gasteiger partial charge in [0.1, 0.15) is 36.6 Å². The summed E-state index contributed by atoms with van der Waals surface area (Å²) in [5.74, 6) is -2.63. The number of unbranched alkanes of at least 4 members (excludes halogenated alkanes) is 40. The number of aliphatic hydroxyl groups is 18. The number of carboxylic acids is 4. The molecule has 0 saturated carbocycles. The van der Waals surface area contributed by atoms with E-state index in [0.29, 0.717) is 25.7 Å². The third kappa shape index (κ3) is 158. The van der Waals surface area contributed by atoms with Gasteiger partial charge in [0.15, 0.2) is 0 Å². The van der Waals surface area contributed by atoms with E-state index in [1.165, 1.54) is 231 Å². The fourth-order valence-corrected chi connectivity index (χ4v) is 8.11. The molecule has 0 aromatic heterocycles. The Balaban J connectivity index is -0.000000116. The van der Waals surface area contributed by atoms with Crippen LogP contribution in [0.1, 0.15) is 336 Å². The van der Waals surface area contributed by atoms with Crippen LogP contribution in [0.5, 0.6) is 0 Å². The van der Waals surface area contributed by atoms with Gasteiger partial charge < -0.3 is 112 Å². The molecule has 0 aromatic carbocycles. The first-order valence-corrected chi connectivity index (χ1v) is 38.2. The van der Waals surface area contributed by atoms with Crippen LogP contribution in [-0.4, -0.2) is 252 Å². The fourth-order valence-electron chi connectivity index (χ4n) is 8.11. The molecule has 0 amide bonds. The predicted molar refractivity (Wildman–Crippen MR) is 396 cm³/mol. The summed E-state index contributed by atoms with van der Waals surface area (Å²) in [7, 11) is 0. The molecule has 0 aliphatic rings. The molecule has 0 rings (SSSR count). The SMILES string of the molecule is CCCCCCCCCCCCCC(=O)O.CCCCCCCCCCCCCC(=O)O.CCCCCCCCCCCCCC(=O)O.CCCCCCCCCCCCCC(=O)O.OCC(O)CO.OCC(O)CO.OCC(O)CO.OCC(O)CO.OCC(O)CO.OCC(O)CO. The second-order valence-corrected chi connectivity index (χ2v) is 24.8. The fraction of sp³-hybridized carbons (Fsp3) is 0.946. The highest BCUT2D eigenvalue weighted by Crippen LogP contribution is 2.15. The van der Waals surface area contributed by atoms with Crippen molar-refractivity contribution in [2.24, 2.45) is 0 Å². The highest BCUT2D eigenvalue weighted by Gasteiger charge is 2.03.